The molecule has 2 aromatic carbocycles. The Bertz CT molecular complexity index is 752. The van der Waals surface area contributed by atoms with Gasteiger partial charge in [-0.1, -0.05) is 23.7 Å². The molecule has 2 aromatic rings. The van der Waals surface area contributed by atoms with Crippen LogP contribution in [0.25, 0.3) is 0 Å². The Morgan fingerprint density at radius 2 is 1.87 bits per heavy atom. The van der Waals surface area contributed by atoms with E-state index in [1.807, 2.05) is 0 Å². The quantitative estimate of drug-likeness (QED) is 0.862. The van der Waals surface area contributed by atoms with Gasteiger partial charge in [-0.3, -0.25) is 4.79 Å². The molecule has 1 N–H and O–H groups in total. The third kappa shape index (κ3) is 4.26. The number of anilines is 1. The highest BCUT2D eigenvalue weighted by Crippen LogP contribution is 2.22. The second kappa shape index (κ2) is 7.19. The van der Waals surface area contributed by atoms with E-state index in [0.717, 1.165) is 18.2 Å². The van der Waals surface area contributed by atoms with Crippen LogP contribution in [0.2, 0.25) is 5.02 Å². The molecule has 0 aliphatic rings. The number of nitrogens with one attached hydrogen (secondary N) is 1. The fourth-order valence-electron chi connectivity index (χ4n) is 1.73. The summed E-state index contributed by atoms with van der Waals surface area (Å²) in [6, 6.07) is 8.70. The molecule has 0 spiro atoms. The van der Waals surface area contributed by atoms with Gasteiger partial charge in [0, 0.05) is 0 Å². The number of amides is 1. The van der Waals surface area contributed by atoms with E-state index in [2.05, 4.69) is 5.32 Å². The summed E-state index contributed by atoms with van der Waals surface area (Å²) < 4.78 is 31.3. The van der Waals surface area contributed by atoms with Crippen molar-refractivity contribution in [3.05, 3.63) is 64.7 Å². The lowest BCUT2D eigenvalue weighted by Gasteiger charge is -2.14. The van der Waals surface area contributed by atoms with Gasteiger partial charge in [0.2, 0.25) is 0 Å². The van der Waals surface area contributed by atoms with Gasteiger partial charge in [0.15, 0.2) is 6.10 Å². The molecule has 0 aromatic heterocycles. The normalized spacial score (nSPS) is 11.7. The molecule has 0 bridgehead atoms. The molecule has 0 saturated carbocycles. The molecular formula is C16H12ClF2NO3. The van der Waals surface area contributed by atoms with E-state index < -0.39 is 29.6 Å². The van der Waals surface area contributed by atoms with E-state index in [0.29, 0.717) is 0 Å². The number of ether oxygens (including phenoxy) is 1. The van der Waals surface area contributed by atoms with Crippen molar-refractivity contribution in [1.29, 1.82) is 0 Å². The maximum absolute atomic E-state index is 13.5. The summed E-state index contributed by atoms with van der Waals surface area (Å²) in [5, 5.41) is 2.41. The van der Waals surface area contributed by atoms with E-state index in [4.69, 9.17) is 16.3 Å². The van der Waals surface area contributed by atoms with Crippen LogP contribution in [0.4, 0.5) is 14.5 Å². The zero-order valence-corrected chi connectivity index (χ0v) is 12.7. The molecule has 0 aliphatic carbocycles. The summed E-state index contributed by atoms with van der Waals surface area (Å²) in [5.74, 6) is -2.93. The van der Waals surface area contributed by atoms with Crippen molar-refractivity contribution in [3.63, 3.8) is 0 Å². The first kappa shape index (κ1) is 16.9. The summed E-state index contributed by atoms with van der Waals surface area (Å²) in [6.45, 7) is 1.32. The lowest BCUT2D eigenvalue weighted by atomic mass is 10.2. The highest BCUT2D eigenvalue weighted by molar-refractivity contribution is 6.33. The van der Waals surface area contributed by atoms with Gasteiger partial charge in [0.05, 0.1) is 16.3 Å². The Kier molecular flexibility index (Phi) is 5.28. The molecule has 0 saturated heterocycles. The Labute approximate surface area is 136 Å². The van der Waals surface area contributed by atoms with E-state index >= 15 is 0 Å². The zero-order valence-electron chi connectivity index (χ0n) is 12.0. The number of hydrogen-bond donors (Lipinski definition) is 1. The van der Waals surface area contributed by atoms with Gasteiger partial charge >= 0.3 is 5.97 Å². The molecule has 1 amide bonds. The van der Waals surface area contributed by atoms with Crippen molar-refractivity contribution < 1.29 is 23.1 Å². The molecular weight excluding hydrogens is 328 g/mol. The average molecular weight is 340 g/mol. The highest BCUT2D eigenvalue weighted by atomic mass is 35.5. The summed E-state index contributed by atoms with van der Waals surface area (Å²) in [5.41, 5.74) is -0.0983. The Balaban J connectivity index is 2.03. The largest absolute Gasteiger partial charge is 0.449 e. The van der Waals surface area contributed by atoms with Crippen LogP contribution in [-0.2, 0) is 9.53 Å². The van der Waals surface area contributed by atoms with Gasteiger partial charge in [0.25, 0.3) is 5.91 Å². The molecule has 120 valence electrons. The SMILES string of the molecule is CC(OC(=O)c1ccccc1F)C(=O)Nc1ccc(F)cc1Cl. The minimum absolute atomic E-state index is 0.00554. The molecule has 1 unspecified atom stereocenters. The number of carbonyl (C=O) groups excluding carboxylic acids is 2. The fraction of sp³-hybridized carbons (Fsp3) is 0.125. The van der Waals surface area contributed by atoms with Crippen LogP contribution in [0.3, 0.4) is 0 Å². The highest BCUT2D eigenvalue weighted by Gasteiger charge is 2.21. The molecule has 0 aliphatic heterocycles. The van der Waals surface area contributed by atoms with Crippen molar-refractivity contribution in [2.24, 2.45) is 0 Å². The van der Waals surface area contributed by atoms with Crippen molar-refractivity contribution in [3.8, 4) is 0 Å². The molecule has 4 nitrogen and oxygen atoms in total. The summed E-state index contributed by atoms with van der Waals surface area (Å²) in [7, 11) is 0. The molecule has 23 heavy (non-hydrogen) atoms. The first-order chi connectivity index (χ1) is 10.9. The monoisotopic (exact) mass is 339 g/mol. The van der Waals surface area contributed by atoms with Gasteiger partial charge in [0.1, 0.15) is 11.6 Å². The number of carbonyl (C=O) groups is 2. The third-order valence-electron chi connectivity index (χ3n) is 2.94. The lowest BCUT2D eigenvalue weighted by Crippen LogP contribution is -2.30. The van der Waals surface area contributed by atoms with Crippen LogP contribution in [0.5, 0.6) is 0 Å². The molecule has 7 heteroatoms. The Morgan fingerprint density at radius 3 is 2.52 bits per heavy atom. The predicted octanol–water partition coefficient (Wildman–Crippen LogP) is 3.80. The number of benzene rings is 2. The lowest BCUT2D eigenvalue weighted by molar-refractivity contribution is -0.123. The molecule has 1 atom stereocenters. The topological polar surface area (TPSA) is 55.4 Å². The van der Waals surface area contributed by atoms with Gasteiger partial charge in [-0.25, -0.2) is 13.6 Å². The average Bonchev–Trinajstić information content (AvgIpc) is 2.50. The van der Waals surface area contributed by atoms with E-state index in [1.54, 1.807) is 0 Å². The van der Waals surface area contributed by atoms with Gasteiger partial charge in [-0.2, -0.15) is 0 Å². The second-order valence-corrected chi connectivity index (χ2v) is 5.05. The maximum Gasteiger partial charge on any atom is 0.341 e. The summed E-state index contributed by atoms with van der Waals surface area (Å²) in [4.78, 5) is 23.8. The fourth-order valence-corrected chi connectivity index (χ4v) is 1.94. The second-order valence-electron chi connectivity index (χ2n) is 4.64. The van der Waals surface area contributed by atoms with Crippen molar-refractivity contribution in [1.82, 2.24) is 0 Å². The van der Waals surface area contributed by atoms with Crippen LogP contribution >= 0.6 is 11.6 Å². The minimum Gasteiger partial charge on any atom is -0.449 e. The summed E-state index contributed by atoms with van der Waals surface area (Å²) >= 11 is 5.79. The number of halogens is 3. The number of hydrogen-bond acceptors (Lipinski definition) is 3. The number of rotatable bonds is 4. The Hall–Kier alpha value is -2.47. The molecule has 0 heterocycles. The van der Waals surface area contributed by atoms with Crippen molar-refractivity contribution in [2.75, 3.05) is 5.32 Å². The molecule has 0 fully saturated rings. The van der Waals surface area contributed by atoms with Gasteiger partial charge < -0.3 is 10.1 Å². The van der Waals surface area contributed by atoms with E-state index in [-0.39, 0.29) is 16.3 Å². The van der Waals surface area contributed by atoms with Crippen LogP contribution < -0.4 is 5.32 Å². The summed E-state index contributed by atoms with van der Waals surface area (Å²) in [6.07, 6.45) is -1.19. The standard InChI is InChI=1S/C16H12ClF2NO3/c1-9(23-16(22)11-4-2-3-5-13(11)19)15(21)20-14-7-6-10(18)8-12(14)17/h2-9H,1H3,(H,20,21). The first-order valence-corrected chi connectivity index (χ1v) is 6.97. The van der Waals surface area contributed by atoms with Crippen LogP contribution in [0, 0.1) is 11.6 Å². The van der Waals surface area contributed by atoms with Crippen LogP contribution in [0.15, 0.2) is 42.5 Å². The van der Waals surface area contributed by atoms with Crippen LogP contribution in [0.1, 0.15) is 17.3 Å². The van der Waals surface area contributed by atoms with Gasteiger partial charge in [-0.05, 0) is 37.3 Å². The predicted molar refractivity (Wildman–Crippen MR) is 81.3 cm³/mol. The van der Waals surface area contributed by atoms with Crippen LogP contribution in [-0.4, -0.2) is 18.0 Å². The molecule has 2 rings (SSSR count). The zero-order chi connectivity index (χ0) is 17.0. The number of esters is 1. The minimum atomic E-state index is -1.19. The van der Waals surface area contributed by atoms with E-state index in [9.17, 15) is 18.4 Å². The van der Waals surface area contributed by atoms with E-state index in [1.165, 1.54) is 31.2 Å². The maximum atomic E-state index is 13.5. The van der Waals surface area contributed by atoms with Gasteiger partial charge in [-0.15, -0.1) is 0 Å². The molecule has 0 radical (unpaired) electrons. The van der Waals surface area contributed by atoms with Crippen molar-refractivity contribution in [2.45, 2.75) is 13.0 Å². The first-order valence-electron chi connectivity index (χ1n) is 6.60. The Morgan fingerprint density at radius 1 is 1.17 bits per heavy atom. The van der Waals surface area contributed by atoms with Crippen molar-refractivity contribution >= 4 is 29.2 Å². The third-order valence-corrected chi connectivity index (χ3v) is 3.25. The smallest absolute Gasteiger partial charge is 0.341 e.